The molecule has 0 aliphatic heterocycles. The largest absolute Gasteiger partial charge is 0.481 e. The number of benzene rings is 1. The highest BCUT2D eigenvalue weighted by molar-refractivity contribution is 5.90. The number of aryl methyl sites for hydroxylation is 1. The summed E-state index contributed by atoms with van der Waals surface area (Å²) in [5, 5.41) is 14.4. The fourth-order valence-corrected chi connectivity index (χ4v) is 1.99. The summed E-state index contributed by atoms with van der Waals surface area (Å²) in [6.45, 7) is 4.08. The molecule has 2 amide bonds. The molecule has 0 bridgehead atoms. The van der Waals surface area contributed by atoms with Crippen LogP contribution >= 0.6 is 0 Å². The third-order valence-electron chi connectivity index (χ3n) is 3.14. The lowest BCUT2D eigenvalue weighted by molar-refractivity contribution is -0.141. The van der Waals surface area contributed by atoms with Crippen molar-refractivity contribution >= 4 is 17.7 Å². The molecule has 0 aliphatic carbocycles. The van der Waals surface area contributed by atoms with Crippen molar-refractivity contribution in [1.82, 2.24) is 5.32 Å². The average molecular weight is 278 g/mol. The van der Waals surface area contributed by atoms with Gasteiger partial charge in [0.15, 0.2) is 0 Å². The predicted molar refractivity (Wildman–Crippen MR) is 78.9 cm³/mol. The summed E-state index contributed by atoms with van der Waals surface area (Å²) in [6.07, 6.45) is 2.16. The van der Waals surface area contributed by atoms with Crippen molar-refractivity contribution in [2.45, 2.75) is 33.1 Å². The summed E-state index contributed by atoms with van der Waals surface area (Å²) in [7, 11) is 0. The first-order valence-electron chi connectivity index (χ1n) is 6.94. The van der Waals surface area contributed by atoms with E-state index in [9.17, 15) is 9.59 Å². The molecule has 5 nitrogen and oxygen atoms in total. The van der Waals surface area contributed by atoms with Crippen molar-refractivity contribution in [3.05, 3.63) is 29.8 Å². The molecule has 0 aliphatic rings. The van der Waals surface area contributed by atoms with Crippen molar-refractivity contribution in [3.63, 3.8) is 0 Å². The molecule has 3 N–H and O–H groups in total. The number of hydrogen-bond donors (Lipinski definition) is 3. The van der Waals surface area contributed by atoms with E-state index in [2.05, 4.69) is 10.6 Å². The van der Waals surface area contributed by atoms with E-state index in [0.29, 0.717) is 6.42 Å². The molecule has 1 atom stereocenters. The van der Waals surface area contributed by atoms with Gasteiger partial charge in [0, 0.05) is 12.2 Å². The van der Waals surface area contributed by atoms with Gasteiger partial charge in [0.1, 0.15) is 0 Å². The number of aliphatic carboxylic acids is 1. The number of carboxylic acid groups (broad SMARTS) is 1. The van der Waals surface area contributed by atoms with Gasteiger partial charge in [-0.25, -0.2) is 4.79 Å². The van der Waals surface area contributed by atoms with E-state index in [-0.39, 0.29) is 12.6 Å². The molecule has 0 spiro atoms. The third-order valence-corrected chi connectivity index (χ3v) is 3.14. The SMILES string of the molecule is CCCC(CNC(=O)Nc1ccccc1CC)C(=O)O. The Kier molecular flexibility index (Phi) is 6.56. The summed E-state index contributed by atoms with van der Waals surface area (Å²) in [4.78, 5) is 22.8. The lowest BCUT2D eigenvalue weighted by Crippen LogP contribution is -2.35. The predicted octanol–water partition coefficient (Wildman–Crippen LogP) is 2.87. The van der Waals surface area contributed by atoms with Gasteiger partial charge in [-0.1, -0.05) is 38.5 Å². The molecule has 1 rings (SSSR count). The van der Waals surface area contributed by atoms with Crippen LogP contribution in [0.3, 0.4) is 0 Å². The number of nitrogens with one attached hydrogen (secondary N) is 2. The summed E-state index contributed by atoms with van der Waals surface area (Å²) in [6, 6.07) is 7.19. The molecule has 20 heavy (non-hydrogen) atoms. The Bertz CT molecular complexity index is 460. The minimum Gasteiger partial charge on any atom is -0.481 e. The number of rotatable bonds is 7. The molecule has 5 heteroatoms. The van der Waals surface area contributed by atoms with Gasteiger partial charge in [-0.2, -0.15) is 0 Å². The molecular formula is C15H22N2O3. The van der Waals surface area contributed by atoms with Crippen LogP contribution in [0.25, 0.3) is 0 Å². The van der Waals surface area contributed by atoms with Crippen LogP contribution < -0.4 is 10.6 Å². The van der Waals surface area contributed by atoms with Gasteiger partial charge < -0.3 is 15.7 Å². The van der Waals surface area contributed by atoms with E-state index in [4.69, 9.17) is 5.11 Å². The maximum Gasteiger partial charge on any atom is 0.319 e. The van der Waals surface area contributed by atoms with E-state index >= 15 is 0 Å². The third kappa shape index (κ3) is 4.91. The molecule has 1 aromatic rings. The number of carbonyl (C=O) groups is 2. The molecule has 110 valence electrons. The van der Waals surface area contributed by atoms with Gasteiger partial charge in [-0.3, -0.25) is 4.79 Å². The highest BCUT2D eigenvalue weighted by atomic mass is 16.4. The Balaban J connectivity index is 2.53. The lowest BCUT2D eigenvalue weighted by Gasteiger charge is -2.14. The molecule has 0 heterocycles. The molecule has 1 unspecified atom stereocenters. The van der Waals surface area contributed by atoms with Crippen molar-refractivity contribution in [1.29, 1.82) is 0 Å². The molecular weight excluding hydrogens is 256 g/mol. The molecule has 0 aromatic heterocycles. The van der Waals surface area contributed by atoms with Gasteiger partial charge in [0.2, 0.25) is 0 Å². The number of anilines is 1. The Labute approximate surface area is 119 Å². The fourth-order valence-electron chi connectivity index (χ4n) is 1.99. The summed E-state index contributed by atoms with van der Waals surface area (Å²) in [5.74, 6) is -1.41. The van der Waals surface area contributed by atoms with Gasteiger partial charge in [-0.15, -0.1) is 0 Å². The topological polar surface area (TPSA) is 78.4 Å². The van der Waals surface area contributed by atoms with Crippen LogP contribution in [-0.2, 0) is 11.2 Å². The van der Waals surface area contributed by atoms with Gasteiger partial charge >= 0.3 is 12.0 Å². The summed E-state index contributed by atoms with van der Waals surface area (Å²) >= 11 is 0. The number of hydrogen-bond acceptors (Lipinski definition) is 2. The van der Waals surface area contributed by atoms with Crippen LogP contribution in [0.4, 0.5) is 10.5 Å². The van der Waals surface area contributed by atoms with Gasteiger partial charge in [0.25, 0.3) is 0 Å². The maximum atomic E-state index is 11.8. The molecule has 0 fully saturated rings. The Morgan fingerprint density at radius 2 is 1.95 bits per heavy atom. The van der Waals surface area contributed by atoms with Crippen LogP contribution in [0.15, 0.2) is 24.3 Å². The van der Waals surface area contributed by atoms with E-state index < -0.39 is 11.9 Å². The van der Waals surface area contributed by atoms with Gasteiger partial charge in [-0.05, 0) is 24.5 Å². The van der Waals surface area contributed by atoms with Crippen LogP contribution in [0.5, 0.6) is 0 Å². The standard InChI is InChI=1S/C15H22N2O3/c1-3-7-12(14(18)19)10-16-15(20)17-13-9-6-5-8-11(13)4-2/h5-6,8-9,12H,3-4,7,10H2,1-2H3,(H,18,19)(H2,16,17,20). The Hall–Kier alpha value is -2.04. The fraction of sp³-hybridized carbons (Fsp3) is 0.467. The number of amides is 2. The van der Waals surface area contributed by atoms with Crippen LogP contribution in [-0.4, -0.2) is 23.7 Å². The highest BCUT2D eigenvalue weighted by Gasteiger charge is 2.17. The number of urea groups is 1. The summed E-state index contributed by atoms with van der Waals surface area (Å²) in [5.41, 5.74) is 1.81. The van der Waals surface area contributed by atoms with Crippen LogP contribution in [0.1, 0.15) is 32.3 Å². The molecule has 0 radical (unpaired) electrons. The smallest absolute Gasteiger partial charge is 0.319 e. The normalized spacial score (nSPS) is 11.7. The number of carboxylic acids is 1. The average Bonchev–Trinajstić information content (AvgIpc) is 2.43. The van der Waals surface area contributed by atoms with Crippen LogP contribution in [0.2, 0.25) is 0 Å². The second-order valence-electron chi connectivity index (χ2n) is 4.67. The van der Waals surface area contributed by atoms with Crippen molar-refractivity contribution in [3.8, 4) is 0 Å². The minimum atomic E-state index is -0.874. The summed E-state index contributed by atoms with van der Waals surface area (Å²) < 4.78 is 0. The second kappa shape index (κ2) is 8.19. The quantitative estimate of drug-likeness (QED) is 0.717. The van der Waals surface area contributed by atoms with E-state index in [0.717, 1.165) is 24.1 Å². The van der Waals surface area contributed by atoms with E-state index in [1.807, 2.05) is 38.1 Å². The zero-order valence-corrected chi connectivity index (χ0v) is 12.0. The maximum absolute atomic E-state index is 11.8. The first-order valence-corrected chi connectivity index (χ1v) is 6.94. The highest BCUT2D eigenvalue weighted by Crippen LogP contribution is 2.15. The Morgan fingerprint density at radius 1 is 1.25 bits per heavy atom. The molecule has 0 saturated carbocycles. The van der Waals surface area contributed by atoms with Crippen molar-refractivity contribution in [2.24, 2.45) is 5.92 Å². The van der Waals surface area contributed by atoms with E-state index in [1.54, 1.807) is 0 Å². The lowest BCUT2D eigenvalue weighted by atomic mass is 10.0. The Morgan fingerprint density at radius 3 is 2.55 bits per heavy atom. The first kappa shape index (κ1) is 16.0. The first-order chi connectivity index (χ1) is 9.58. The van der Waals surface area contributed by atoms with Crippen LogP contribution in [0, 0.1) is 5.92 Å². The van der Waals surface area contributed by atoms with E-state index in [1.165, 1.54) is 0 Å². The zero-order chi connectivity index (χ0) is 15.0. The second-order valence-corrected chi connectivity index (χ2v) is 4.67. The van der Waals surface area contributed by atoms with Crippen molar-refractivity contribution < 1.29 is 14.7 Å². The van der Waals surface area contributed by atoms with Crippen molar-refractivity contribution in [2.75, 3.05) is 11.9 Å². The zero-order valence-electron chi connectivity index (χ0n) is 12.0. The minimum absolute atomic E-state index is 0.142. The van der Waals surface area contributed by atoms with Gasteiger partial charge in [0.05, 0.1) is 5.92 Å². The monoisotopic (exact) mass is 278 g/mol. The molecule has 1 aromatic carbocycles. The molecule has 0 saturated heterocycles. The number of carbonyl (C=O) groups excluding carboxylic acids is 1. The number of para-hydroxylation sites is 1.